The van der Waals surface area contributed by atoms with Crippen LogP contribution >= 0.6 is 11.8 Å². The van der Waals surface area contributed by atoms with Crippen LogP contribution in [-0.4, -0.2) is 37.6 Å². The Morgan fingerprint density at radius 2 is 1.76 bits per heavy atom. The van der Waals surface area contributed by atoms with Crippen molar-refractivity contribution in [2.45, 2.75) is 22.1 Å². The molecule has 0 N–H and O–H groups in total. The molecule has 34 heavy (non-hydrogen) atoms. The van der Waals surface area contributed by atoms with E-state index in [1.165, 1.54) is 12.7 Å². The van der Waals surface area contributed by atoms with Crippen molar-refractivity contribution in [1.82, 2.24) is 4.90 Å². The summed E-state index contributed by atoms with van der Waals surface area (Å²) in [5.41, 5.74) is 3.49. The molecule has 3 aromatic rings. The van der Waals surface area contributed by atoms with Crippen LogP contribution in [0.25, 0.3) is 0 Å². The van der Waals surface area contributed by atoms with Crippen molar-refractivity contribution in [2.75, 3.05) is 26.7 Å². The van der Waals surface area contributed by atoms with E-state index >= 15 is 0 Å². The van der Waals surface area contributed by atoms with Crippen LogP contribution in [0.1, 0.15) is 28.2 Å². The van der Waals surface area contributed by atoms with E-state index in [9.17, 15) is 15.3 Å². The van der Waals surface area contributed by atoms with E-state index in [2.05, 4.69) is 29.2 Å². The van der Waals surface area contributed by atoms with Crippen LogP contribution in [0.3, 0.4) is 0 Å². The first-order chi connectivity index (χ1) is 16.6. The second-order valence-electron chi connectivity index (χ2n) is 8.30. The van der Waals surface area contributed by atoms with Crippen molar-refractivity contribution < 1.29 is 9.53 Å². The van der Waals surface area contributed by atoms with Crippen molar-refractivity contribution in [3.05, 3.63) is 95.1 Å². The Balaban J connectivity index is 1.49. The molecule has 170 valence electrons. The highest BCUT2D eigenvalue weighted by molar-refractivity contribution is 7.99. The third kappa shape index (κ3) is 5.31. The van der Waals surface area contributed by atoms with E-state index in [0.717, 1.165) is 34.9 Å². The Morgan fingerprint density at radius 1 is 1.00 bits per heavy atom. The molecule has 0 bridgehead atoms. The van der Waals surface area contributed by atoms with Gasteiger partial charge in [-0.2, -0.15) is 10.5 Å². The summed E-state index contributed by atoms with van der Waals surface area (Å²) in [6.45, 7) is 2.17. The minimum Gasteiger partial charge on any atom is -0.469 e. The van der Waals surface area contributed by atoms with Crippen LogP contribution in [0.15, 0.2) is 82.6 Å². The number of hydrogen-bond donors (Lipinski definition) is 0. The molecule has 2 atom stereocenters. The maximum Gasteiger partial charge on any atom is 0.310 e. The largest absolute Gasteiger partial charge is 0.469 e. The molecule has 3 aromatic carbocycles. The molecule has 0 aromatic heterocycles. The van der Waals surface area contributed by atoms with E-state index in [1.807, 2.05) is 54.6 Å². The highest BCUT2D eigenvalue weighted by Crippen LogP contribution is 2.35. The quantitative estimate of drug-likeness (QED) is 0.455. The summed E-state index contributed by atoms with van der Waals surface area (Å²) < 4.78 is 5.10. The molecule has 0 saturated carbocycles. The first-order valence-corrected chi connectivity index (χ1v) is 12.0. The molecular weight excluding hydrogens is 442 g/mol. The van der Waals surface area contributed by atoms with Gasteiger partial charge in [0.2, 0.25) is 0 Å². The summed E-state index contributed by atoms with van der Waals surface area (Å²) in [6, 6.07) is 27.9. The lowest BCUT2D eigenvalue weighted by Gasteiger charge is -2.17. The third-order valence-corrected chi connectivity index (χ3v) is 7.43. The van der Waals surface area contributed by atoms with Crippen LogP contribution in [0.4, 0.5) is 0 Å². The Hall–Kier alpha value is -3.58. The van der Waals surface area contributed by atoms with Crippen molar-refractivity contribution >= 4 is 17.7 Å². The zero-order valence-corrected chi connectivity index (χ0v) is 19.8. The van der Waals surface area contributed by atoms with E-state index in [0.29, 0.717) is 17.7 Å². The lowest BCUT2D eigenvalue weighted by atomic mass is 9.88. The van der Waals surface area contributed by atoms with Crippen LogP contribution in [0, 0.1) is 28.6 Å². The Morgan fingerprint density at radius 3 is 2.53 bits per heavy atom. The SMILES string of the molecule is COC(=O)[C@H]1CN(CCc2ccccc2Sc2ccccc2C#N)C[C@@H]1c1cccc(C#N)c1. The van der Waals surface area contributed by atoms with E-state index in [4.69, 9.17) is 4.74 Å². The molecule has 0 spiro atoms. The van der Waals surface area contributed by atoms with Gasteiger partial charge in [-0.05, 0) is 47.9 Å². The summed E-state index contributed by atoms with van der Waals surface area (Å²) >= 11 is 1.61. The van der Waals surface area contributed by atoms with Crippen LogP contribution in [-0.2, 0) is 16.0 Å². The van der Waals surface area contributed by atoms with Crippen LogP contribution in [0.5, 0.6) is 0 Å². The second-order valence-corrected chi connectivity index (χ2v) is 9.38. The predicted molar refractivity (Wildman–Crippen MR) is 131 cm³/mol. The number of hydrogen-bond acceptors (Lipinski definition) is 6. The summed E-state index contributed by atoms with van der Waals surface area (Å²) in [6.07, 6.45) is 0.830. The van der Waals surface area contributed by atoms with Gasteiger partial charge >= 0.3 is 5.97 Å². The van der Waals surface area contributed by atoms with Gasteiger partial charge in [-0.1, -0.05) is 54.2 Å². The molecule has 0 radical (unpaired) electrons. The van der Waals surface area contributed by atoms with Gasteiger partial charge in [0.15, 0.2) is 0 Å². The maximum atomic E-state index is 12.5. The standard InChI is InChI=1S/C28H25N3O2S/c1-33-28(32)25-19-31(18-24(25)22-10-6-7-20(15-22)16-29)14-13-21-8-2-4-11-26(21)34-27-12-5-3-9-23(27)17-30/h2-12,15,24-25H,13-14,18-19H2,1H3/t24-,25+/m1/s1. The number of rotatable bonds is 7. The molecule has 0 unspecified atom stereocenters. The van der Waals surface area contributed by atoms with Gasteiger partial charge in [-0.15, -0.1) is 0 Å². The number of benzene rings is 3. The summed E-state index contributed by atoms with van der Waals surface area (Å²) in [4.78, 5) is 16.9. The first kappa shape index (κ1) is 23.6. The maximum absolute atomic E-state index is 12.5. The number of esters is 1. The minimum absolute atomic E-state index is 0.00660. The van der Waals surface area contributed by atoms with Gasteiger partial charge in [-0.3, -0.25) is 4.79 Å². The third-order valence-electron chi connectivity index (χ3n) is 6.24. The lowest BCUT2D eigenvalue weighted by molar-refractivity contribution is -0.145. The number of carbonyl (C=O) groups is 1. The normalized spacial score (nSPS) is 17.6. The molecule has 0 amide bonds. The summed E-state index contributed by atoms with van der Waals surface area (Å²) in [7, 11) is 1.43. The smallest absolute Gasteiger partial charge is 0.310 e. The second kappa shape index (κ2) is 11.0. The summed E-state index contributed by atoms with van der Waals surface area (Å²) in [5.74, 6) is -0.474. The number of nitrogens with zero attached hydrogens (tertiary/aromatic N) is 3. The topological polar surface area (TPSA) is 77.1 Å². The van der Waals surface area contributed by atoms with Gasteiger partial charge in [-0.25, -0.2) is 0 Å². The van der Waals surface area contributed by atoms with Gasteiger partial charge in [0, 0.05) is 35.3 Å². The van der Waals surface area contributed by atoms with Gasteiger partial charge in [0.1, 0.15) is 6.07 Å². The number of ether oxygens (including phenoxy) is 1. The zero-order valence-electron chi connectivity index (χ0n) is 19.0. The van der Waals surface area contributed by atoms with Crippen LogP contribution in [0.2, 0.25) is 0 Å². The molecule has 1 fully saturated rings. The van der Waals surface area contributed by atoms with Gasteiger partial charge < -0.3 is 9.64 Å². The predicted octanol–water partition coefficient (Wildman–Crippen LogP) is 5.01. The highest BCUT2D eigenvalue weighted by atomic mass is 32.2. The molecule has 1 aliphatic heterocycles. The molecule has 1 heterocycles. The number of likely N-dealkylation sites (tertiary alicyclic amines) is 1. The van der Waals surface area contributed by atoms with Crippen molar-refractivity contribution in [2.24, 2.45) is 5.92 Å². The van der Waals surface area contributed by atoms with E-state index in [1.54, 1.807) is 17.8 Å². The number of methoxy groups -OCH3 is 1. The van der Waals surface area contributed by atoms with Crippen molar-refractivity contribution in [3.8, 4) is 12.1 Å². The van der Waals surface area contributed by atoms with E-state index < -0.39 is 0 Å². The zero-order chi connectivity index (χ0) is 23.9. The average molecular weight is 468 g/mol. The Bertz CT molecular complexity index is 1260. The van der Waals surface area contributed by atoms with E-state index in [-0.39, 0.29) is 17.8 Å². The molecule has 4 rings (SSSR count). The molecule has 5 nitrogen and oxygen atoms in total. The minimum atomic E-state index is -0.258. The Kier molecular flexibility index (Phi) is 7.65. The molecule has 1 saturated heterocycles. The monoisotopic (exact) mass is 467 g/mol. The Labute approximate surface area is 204 Å². The summed E-state index contributed by atoms with van der Waals surface area (Å²) in [5, 5.41) is 18.7. The fraction of sp³-hybridized carbons (Fsp3) is 0.250. The molecule has 6 heteroatoms. The van der Waals surface area contributed by atoms with Crippen molar-refractivity contribution in [3.63, 3.8) is 0 Å². The number of carbonyl (C=O) groups excluding carboxylic acids is 1. The molecular formula is C28H25N3O2S. The number of nitriles is 2. The van der Waals surface area contributed by atoms with Crippen molar-refractivity contribution in [1.29, 1.82) is 10.5 Å². The van der Waals surface area contributed by atoms with Crippen LogP contribution < -0.4 is 0 Å². The highest BCUT2D eigenvalue weighted by Gasteiger charge is 2.39. The van der Waals surface area contributed by atoms with Gasteiger partial charge in [0.05, 0.1) is 30.2 Å². The fourth-order valence-corrected chi connectivity index (χ4v) is 5.54. The fourth-order valence-electron chi connectivity index (χ4n) is 4.49. The first-order valence-electron chi connectivity index (χ1n) is 11.2. The average Bonchev–Trinajstić information content (AvgIpc) is 3.32. The lowest BCUT2D eigenvalue weighted by Crippen LogP contribution is -2.26. The molecule has 0 aliphatic carbocycles. The van der Waals surface area contributed by atoms with Gasteiger partial charge in [0.25, 0.3) is 0 Å². The molecule has 1 aliphatic rings.